The van der Waals surface area contributed by atoms with E-state index < -0.39 is 0 Å². The molecule has 1 amide bonds. The molecule has 4 rings (SSSR count). The van der Waals surface area contributed by atoms with Crippen molar-refractivity contribution in [3.63, 3.8) is 0 Å². The van der Waals surface area contributed by atoms with Crippen molar-refractivity contribution >= 4 is 5.91 Å². The normalized spacial score (nSPS) is 15.1. The average molecular weight is 433 g/mol. The van der Waals surface area contributed by atoms with Crippen LogP contribution in [-0.4, -0.2) is 22.9 Å². The van der Waals surface area contributed by atoms with Crippen molar-refractivity contribution in [2.75, 3.05) is 7.11 Å². The molecule has 5 heteroatoms. The lowest BCUT2D eigenvalue weighted by molar-refractivity contribution is -0.135. The Morgan fingerprint density at radius 1 is 1.06 bits per heavy atom. The van der Waals surface area contributed by atoms with Crippen molar-refractivity contribution in [1.29, 1.82) is 0 Å². The van der Waals surface area contributed by atoms with Gasteiger partial charge in [-0.25, -0.2) is 4.39 Å². The molecule has 1 heterocycles. The summed E-state index contributed by atoms with van der Waals surface area (Å²) in [6, 6.07) is 20.2. The minimum atomic E-state index is -0.266. The van der Waals surface area contributed by atoms with E-state index in [2.05, 4.69) is 17.1 Å². The standard InChI is InChI=1S/C27H29FN2O2/c1-19(20-8-12-23(28)13-9-20)17-26(31)30(18-24-5-3-4-16-29-24)27(21-6-7-21)22-10-14-25(32-2)15-11-22/h3-5,8-16,19,21,27H,6-7,17-18H2,1-2H3. The SMILES string of the molecule is COc1ccc(C(C2CC2)N(Cc2ccccn2)C(=O)CC(C)c2ccc(F)cc2)cc1. The molecule has 1 fully saturated rings. The maximum absolute atomic E-state index is 13.7. The summed E-state index contributed by atoms with van der Waals surface area (Å²) in [5.74, 6) is 1.05. The number of amides is 1. The highest BCUT2D eigenvalue weighted by atomic mass is 19.1. The van der Waals surface area contributed by atoms with Gasteiger partial charge in [-0.3, -0.25) is 9.78 Å². The molecule has 4 nitrogen and oxygen atoms in total. The van der Waals surface area contributed by atoms with Gasteiger partial charge in [-0.2, -0.15) is 0 Å². The number of aromatic nitrogens is 1. The van der Waals surface area contributed by atoms with Gasteiger partial charge < -0.3 is 9.64 Å². The van der Waals surface area contributed by atoms with Gasteiger partial charge in [0.25, 0.3) is 0 Å². The molecule has 3 aromatic rings. The van der Waals surface area contributed by atoms with E-state index in [1.807, 2.05) is 42.2 Å². The van der Waals surface area contributed by atoms with Crippen molar-refractivity contribution in [3.8, 4) is 5.75 Å². The van der Waals surface area contributed by atoms with Gasteiger partial charge in [0.2, 0.25) is 5.91 Å². The molecule has 1 aliphatic carbocycles. The number of carbonyl (C=O) groups is 1. The second kappa shape index (κ2) is 9.94. The second-order valence-electron chi connectivity index (χ2n) is 8.55. The third kappa shape index (κ3) is 5.34. The van der Waals surface area contributed by atoms with Gasteiger partial charge in [-0.15, -0.1) is 0 Å². The Balaban J connectivity index is 1.61. The molecule has 32 heavy (non-hydrogen) atoms. The molecule has 166 valence electrons. The van der Waals surface area contributed by atoms with Gasteiger partial charge >= 0.3 is 0 Å². The Morgan fingerprint density at radius 3 is 2.34 bits per heavy atom. The number of rotatable bonds is 9. The largest absolute Gasteiger partial charge is 0.497 e. The van der Waals surface area contributed by atoms with Crippen LogP contribution in [0.5, 0.6) is 5.75 Å². The Bertz CT molecular complexity index is 1020. The lowest BCUT2D eigenvalue weighted by atomic mass is 9.95. The number of pyridine rings is 1. The van der Waals surface area contributed by atoms with Crippen LogP contribution in [-0.2, 0) is 11.3 Å². The van der Waals surface area contributed by atoms with Gasteiger partial charge in [0.1, 0.15) is 11.6 Å². The smallest absolute Gasteiger partial charge is 0.224 e. The first-order valence-corrected chi connectivity index (χ1v) is 11.1. The summed E-state index contributed by atoms with van der Waals surface area (Å²) < 4.78 is 18.7. The lowest BCUT2D eigenvalue weighted by Gasteiger charge is -2.33. The summed E-state index contributed by atoms with van der Waals surface area (Å²) in [5.41, 5.74) is 2.95. The quantitative estimate of drug-likeness (QED) is 0.423. The molecule has 0 spiro atoms. The zero-order valence-corrected chi connectivity index (χ0v) is 18.6. The van der Waals surface area contributed by atoms with E-state index >= 15 is 0 Å². The van der Waals surface area contributed by atoms with Crippen LogP contribution < -0.4 is 4.74 Å². The first-order chi connectivity index (χ1) is 15.5. The number of hydrogen-bond acceptors (Lipinski definition) is 3. The molecule has 0 aliphatic heterocycles. The Labute approximate surface area is 189 Å². The van der Waals surface area contributed by atoms with Crippen LogP contribution >= 0.6 is 0 Å². The van der Waals surface area contributed by atoms with E-state index in [4.69, 9.17) is 4.74 Å². The van der Waals surface area contributed by atoms with Crippen molar-refractivity contribution in [3.05, 3.63) is 95.6 Å². The molecule has 1 aliphatic rings. The fourth-order valence-corrected chi connectivity index (χ4v) is 4.22. The molecular weight excluding hydrogens is 403 g/mol. The summed E-state index contributed by atoms with van der Waals surface area (Å²) in [4.78, 5) is 20.1. The number of ether oxygens (including phenoxy) is 1. The monoisotopic (exact) mass is 432 g/mol. The summed E-state index contributed by atoms with van der Waals surface area (Å²) >= 11 is 0. The number of halogens is 1. The van der Waals surface area contributed by atoms with E-state index in [-0.39, 0.29) is 23.7 Å². The van der Waals surface area contributed by atoms with Crippen LogP contribution in [0.25, 0.3) is 0 Å². The van der Waals surface area contributed by atoms with Gasteiger partial charge in [0.15, 0.2) is 0 Å². The maximum atomic E-state index is 13.7. The highest BCUT2D eigenvalue weighted by Gasteiger charge is 2.39. The first kappa shape index (κ1) is 22.0. The highest BCUT2D eigenvalue weighted by Crippen LogP contribution is 2.46. The summed E-state index contributed by atoms with van der Waals surface area (Å²) in [5, 5.41) is 0. The van der Waals surface area contributed by atoms with Gasteiger partial charge in [0, 0.05) is 12.6 Å². The maximum Gasteiger partial charge on any atom is 0.224 e. The van der Waals surface area contributed by atoms with Crippen molar-refractivity contribution in [1.82, 2.24) is 9.88 Å². The van der Waals surface area contributed by atoms with E-state index in [1.165, 1.54) is 12.1 Å². The fraction of sp³-hybridized carbons (Fsp3) is 0.333. The Kier molecular flexibility index (Phi) is 6.84. The lowest BCUT2D eigenvalue weighted by Crippen LogP contribution is -2.36. The third-order valence-corrected chi connectivity index (χ3v) is 6.16. The van der Waals surface area contributed by atoms with Crippen LogP contribution in [0.1, 0.15) is 55.0 Å². The zero-order chi connectivity index (χ0) is 22.5. The van der Waals surface area contributed by atoms with E-state index in [0.29, 0.717) is 18.9 Å². The topological polar surface area (TPSA) is 42.4 Å². The van der Waals surface area contributed by atoms with Crippen molar-refractivity contribution in [2.45, 2.75) is 44.7 Å². The summed E-state index contributed by atoms with van der Waals surface area (Å²) in [6.07, 6.45) is 4.34. The zero-order valence-electron chi connectivity index (χ0n) is 18.6. The van der Waals surface area contributed by atoms with Crippen LogP contribution in [0.3, 0.4) is 0 Å². The van der Waals surface area contributed by atoms with Crippen LogP contribution in [0.4, 0.5) is 4.39 Å². The molecule has 1 aromatic heterocycles. The van der Waals surface area contributed by atoms with Crippen molar-refractivity contribution < 1.29 is 13.9 Å². The molecule has 0 saturated heterocycles. The average Bonchev–Trinajstić information content (AvgIpc) is 3.65. The predicted molar refractivity (Wildman–Crippen MR) is 123 cm³/mol. The molecule has 2 aromatic carbocycles. The molecule has 2 unspecified atom stereocenters. The number of methoxy groups -OCH3 is 1. The van der Waals surface area contributed by atoms with Gasteiger partial charge in [-0.1, -0.05) is 37.3 Å². The molecule has 0 radical (unpaired) electrons. The van der Waals surface area contributed by atoms with E-state index in [1.54, 1.807) is 25.4 Å². The number of hydrogen-bond donors (Lipinski definition) is 0. The van der Waals surface area contributed by atoms with Crippen LogP contribution in [0.2, 0.25) is 0 Å². The fourth-order valence-electron chi connectivity index (χ4n) is 4.22. The van der Waals surface area contributed by atoms with Gasteiger partial charge in [-0.05, 0) is 72.2 Å². The first-order valence-electron chi connectivity index (χ1n) is 11.1. The van der Waals surface area contributed by atoms with Crippen molar-refractivity contribution in [2.24, 2.45) is 5.92 Å². The van der Waals surface area contributed by atoms with Crippen LogP contribution in [0, 0.1) is 11.7 Å². The Hall–Kier alpha value is -3.21. The molecule has 0 bridgehead atoms. The molecule has 2 atom stereocenters. The highest BCUT2D eigenvalue weighted by molar-refractivity contribution is 5.77. The number of benzene rings is 2. The minimum Gasteiger partial charge on any atom is -0.497 e. The minimum absolute atomic E-state index is 0.00386. The van der Waals surface area contributed by atoms with Gasteiger partial charge in [0.05, 0.1) is 25.4 Å². The second-order valence-corrected chi connectivity index (χ2v) is 8.55. The molecular formula is C27H29FN2O2. The van der Waals surface area contributed by atoms with E-state index in [9.17, 15) is 9.18 Å². The summed E-state index contributed by atoms with van der Waals surface area (Å²) in [7, 11) is 1.65. The third-order valence-electron chi connectivity index (χ3n) is 6.16. The van der Waals surface area contributed by atoms with E-state index in [0.717, 1.165) is 35.4 Å². The molecule has 0 N–H and O–H groups in total. The molecule has 1 saturated carbocycles. The summed E-state index contributed by atoms with van der Waals surface area (Å²) in [6.45, 7) is 2.48. The Morgan fingerprint density at radius 2 is 1.75 bits per heavy atom. The number of carbonyl (C=O) groups excluding carboxylic acids is 1. The number of nitrogens with zero attached hydrogens (tertiary/aromatic N) is 2. The predicted octanol–water partition coefficient (Wildman–Crippen LogP) is 5.90. The van der Waals surface area contributed by atoms with Crippen LogP contribution in [0.15, 0.2) is 72.9 Å².